The minimum atomic E-state index is -4.74. The molecule has 0 atom stereocenters. The van der Waals surface area contributed by atoms with E-state index < -0.39 is 6.36 Å². The predicted molar refractivity (Wildman–Crippen MR) is 118 cm³/mol. The topological polar surface area (TPSA) is 127 Å². The molecule has 0 spiro atoms. The average molecular weight is 459 g/mol. The van der Waals surface area contributed by atoms with E-state index in [9.17, 15) is 18.0 Å². The number of ether oxygens (including phenoxy) is 1. The number of nitrogens with one attached hydrogen (secondary N) is 2. The number of rotatable bonds is 7. The number of halogens is 3. The van der Waals surface area contributed by atoms with Crippen molar-refractivity contribution >= 4 is 34.8 Å². The van der Waals surface area contributed by atoms with Crippen molar-refractivity contribution in [1.82, 2.24) is 20.3 Å². The molecule has 12 heteroatoms. The van der Waals surface area contributed by atoms with Gasteiger partial charge in [-0.1, -0.05) is 12.1 Å². The lowest BCUT2D eigenvalue weighted by molar-refractivity contribution is -0.274. The third kappa shape index (κ3) is 6.89. The van der Waals surface area contributed by atoms with E-state index >= 15 is 0 Å². The van der Waals surface area contributed by atoms with Crippen LogP contribution in [0.1, 0.15) is 18.2 Å². The summed E-state index contributed by atoms with van der Waals surface area (Å²) in [7, 11) is 0. The van der Waals surface area contributed by atoms with Crippen LogP contribution in [0.3, 0.4) is 0 Å². The number of benzene rings is 1. The maximum atomic E-state index is 12.2. The number of aliphatic imine (C=N–C) groups is 1. The van der Waals surface area contributed by atoms with Gasteiger partial charge in [-0.25, -0.2) is 14.8 Å². The molecule has 0 unspecified atom stereocenters. The minimum Gasteiger partial charge on any atom is -0.406 e. The summed E-state index contributed by atoms with van der Waals surface area (Å²) in [6.45, 7) is 2.47. The Morgan fingerprint density at radius 2 is 1.94 bits per heavy atom. The first-order chi connectivity index (χ1) is 15.8. The Bertz CT molecular complexity index is 1180. The van der Waals surface area contributed by atoms with Crippen LogP contribution >= 0.6 is 0 Å². The molecule has 9 nitrogen and oxygen atoms in total. The van der Waals surface area contributed by atoms with E-state index in [1.165, 1.54) is 42.9 Å². The number of pyridine rings is 1. The van der Waals surface area contributed by atoms with Crippen molar-refractivity contribution in [3.63, 3.8) is 0 Å². The highest BCUT2D eigenvalue weighted by atomic mass is 19.4. The van der Waals surface area contributed by atoms with Crippen molar-refractivity contribution < 1.29 is 22.7 Å². The molecule has 2 amide bonds. The maximum absolute atomic E-state index is 12.2. The fourth-order valence-electron chi connectivity index (χ4n) is 2.67. The number of fused-ring (bicyclic) bond motifs is 1. The van der Waals surface area contributed by atoms with Crippen LogP contribution in [0.4, 0.5) is 23.8 Å². The first-order valence-corrected chi connectivity index (χ1v) is 9.73. The summed E-state index contributed by atoms with van der Waals surface area (Å²) in [5, 5.41) is 5.20. The van der Waals surface area contributed by atoms with E-state index in [1.54, 1.807) is 19.1 Å². The fraction of sp³-hybridized carbons (Fsp3) is 0.190. The summed E-state index contributed by atoms with van der Waals surface area (Å²) in [5.74, 6) is 0.00235. The summed E-state index contributed by atoms with van der Waals surface area (Å²) < 4.78 is 40.6. The van der Waals surface area contributed by atoms with Crippen LogP contribution in [0, 0.1) is 0 Å². The Morgan fingerprint density at radius 3 is 2.61 bits per heavy atom. The zero-order valence-electron chi connectivity index (χ0n) is 17.4. The van der Waals surface area contributed by atoms with Crippen molar-refractivity contribution in [2.75, 3.05) is 11.9 Å². The molecule has 0 fully saturated rings. The highest BCUT2D eigenvalue weighted by Crippen LogP contribution is 2.23. The lowest BCUT2D eigenvalue weighted by atomic mass is 10.2. The molecule has 33 heavy (non-hydrogen) atoms. The lowest BCUT2D eigenvalue weighted by Crippen LogP contribution is -2.28. The van der Waals surface area contributed by atoms with Crippen LogP contribution < -0.4 is 21.1 Å². The maximum Gasteiger partial charge on any atom is 0.573 e. The summed E-state index contributed by atoms with van der Waals surface area (Å²) in [6, 6.07) is 8.28. The number of urea groups is 1. The van der Waals surface area contributed by atoms with Crippen molar-refractivity contribution in [2.24, 2.45) is 10.7 Å². The van der Waals surface area contributed by atoms with E-state index in [0.717, 1.165) is 0 Å². The van der Waals surface area contributed by atoms with Crippen LogP contribution in [0.15, 0.2) is 53.8 Å². The standard InChI is InChI=1S/C21H20F3N7O2/c1-2-27-20(32)31-18-8-7-16-19(30-18)29-17(12-28-16)14(9-25)11-26-10-13-3-5-15(6-4-13)33-21(22,23)24/h3-9,11-12H,2,10,25H2,1H3,(H2,27,29,30,31,32). The van der Waals surface area contributed by atoms with E-state index in [-0.39, 0.29) is 18.3 Å². The third-order valence-electron chi connectivity index (χ3n) is 4.12. The molecule has 0 saturated carbocycles. The van der Waals surface area contributed by atoms with Crippen LogP contribution in [0.2, 0.25) is 0 Å². The van der Waals surface area contributed by atoms with Gasteiger partial charge in [-0.3, -0.25) is 15.3 Å². The van der Waals surface area contributed by atoms with E-state index in [2.05, 4.69) is 35.3 Å². The first-order valence-electron chi connectivity index (χ1n) is 9.73. The number of carbonyl (C=O) groups excluding carboxylic acids is 1. The van der Waals surface area contributed by atoms with Gasteiger partial charge in [0.05, 0.1) is 18.4 Å². The molecule has 1 aromatic carbocycles. The molecule has 0 radical (unpaired) electrons. The fourth-order valence-corrected chi connectivity index (χ4v) is 2.67. The molecule has 0 aliphatic carbocycles. The van der Waals surface area contributed by atoms with Gasteiger partial charge in [0, 0.05) is 24.5 Å². The van der Waals surface area contributed by atoms with Gasteiger partial charge in [-0.2, -0.15) is 0 Å². The number of aromatic nitrogens is 3. The predicted octanol–water partition coefficient (Wildman–Crippen LogP) is 3.64. The number of nitrogens with zero attached hydrogens (tertiary/aromatic N) is 4. The van der Waals surface area contributed by atoms with Crippen LogP contribution in [0.25, 0.3) is 16.7 Å². The quantitative estimate of drug-likeness (QED) is 0.463. The zero-order chi connectivity index (χ0) is 23.8. The SMILES string of the molecule is CCNC(=O)Nc1ccc2ncc(C(C=NCc3ccc(OC(F)(F)F)cc3)=CN)nc2n1. The van der Waals surface area contributed by atoms with Crippen molar-refractivity contribution in [3.05, 3.63) is 60.1 Å². The Balaban J connectivity index is 1.71. The molecule has 0 aliphatic rings. The van der Waals surface area contributed by atoms with Gasteiger partial charge >= 0.3 is 12.4 Å². The minimum absolute atomic E-state index is 0.198. The van der Waals surface area contributed by atoms with Crippen LogP contribution in [-0.2, 0) is 6.54 Å². The second kappa shape index (κ2) is 10.4. The van der Waals surface area contributed by atoms with Crippen molar-refractivity contribution in [2.45, 2.75) is 19.8 Å². The van der Waals surface area contributed by atoms with E-state index in [0.29, 0.717) is 40.4 Å². The molecule has 4 N–H and O–H groups in total. The van der Waals surface area contributed by atoms with Gasteiger partial charge in [0.15, 0.2) is 5.65 Å². The molecule has 2 aromatic heterocycles. The highest BCUT2D eigenvalue weighted by molar-refractivity contribution is 6.09. The monoisotopic (exact) mass is 459 g/mol. The van der Waals surface area contributed by atoms with E-state index in [4.69, 9.17) is 5.73 Å². The summed E-state index contributed by atoms with van der Waals surface area (Å²) in [5.41, 5.74) is 8.07. The smallest absolute Gasteiger partial charge is 0.406 e. The number of hydrogen-bond acceptors (Lipinski definition) is 7. The number of hydrogen-bond donors (Lipinski definition) is 3. The first kappa shape index (κ1) is 23.4. The second-order valence-corrected chi connectivity index (χ2v) is 6.56. The van der Waals surface area contributed by atoms with E-state index in [1.807, 2.05) is 0 Å². The highest BCUT2D eigenvalue weighted by Gasteiger charge is 2.30. The Hall–Kier alpha value is -4.22. The zero-order valence-corrected chi connectivity index (χ0v) is 17.4. The Labute approximate surface area is 186 Å². The van der Waals surface area contributed by atoms with Gasteiger partial charge in [-0.15, -0.1) is 13.2 Å². The summed E-state index contributed by atoms with van der Waals surface area (Å²) in [6.07, 6.45) is -0.451. The van der Waals surface area contributed by atoms with Crippen molar-refractivity contribution in [3.8, 4) is 5.75 Å². The summed E-state index contributed by atoms with van der Waals surface area (Å²) in [4.78, 5) is 29.0. The largest absolute Gasteiger partial charge is 0.573 e. The van der Waals surface area contributed by atoms with Crippen molar-refractivity contribution in [1.29, 1.82) is 0 Å². The Kier molecular flexibility index (Phi) is 7.38. The van der Waals surface area contributed by atoms with Gasteiger partial charge < -0.3 is 15.8 Å². The Morgan fingerprint density at radius 1 is 1.18 bits per heavy atom. The van der Waals surface area contributed by atoms with Gasteiger partial charge in [0.2, 0.25) is 0 Å². The molecular formula is C21H20F3N7O2. The molecule has 0 aliphatic heterocycles. The molecule has 3 aromatic rings. The number of nitrogens with two attached hydrogens (primary N) is 1. The second-order valence-electron chi connectivity index (χ2n) is 6.56. The molecule has 3 rings (SSSR count). The number of amides is 2. The number of alkyl halides is 3. The third-order valence-corrected chi connectivity index (χ3v) is 4.12. The number of anilines is 1. The lowest BCUT2D eigenvalue weighted by Gasteiger charge is -2.08. The van der Waals surface area contributed by atoms with Crippen LogP contribution in [0.5, 0.6) is 5.75 Å². The molecule has 2 heterocycles. The number of carbonyl (C=O) groups is 1. The molecule has 0 bridgehead atoms. The van der Waals surface area contributed by atoms with Gasteiger partial charge in [0.25, 0.3) is 0 Å². The molecule has 0 saturated heterocycles. The average Bonchev–Trinajstić information content (AvgIpc) is 2.76. The molecular weight excluding hydrogens is 439 g/mol. The molecule has 172 valence electrons. The van der Waals surface area contributed by atoms with Gasteiger partial charge in [-0.05, 0) is 36.8 Å². The summed E-state index contributed by atoms with van der Waals surface area (Å²) >= 11 is 0. The number of allylic oxidation sites excluding steroid dienone is 1. The van der Waals surface area contributed by atoms with Crippen LogP contribution in [-0.4, -0.2) is 40.1 Å². The normalized spacial score (nSPS) is 12.2. The van der Waals surface area contributed by atoms with Gasteiger partial charge in [0.1, 0.15) is 17.1 Å².